The zero-order chi connectivity index (χ0) is 40.6. The Balaban J connectivity index is 0.00000119. The van der Waals surface area contributed by atoms with E-state index in [0.29, 0.717) is 11.0 Å². The molecule has 9 nitrogen and oxygen atoms in total. The van der Waals surface area contributed by atoms with Crippen molar-refractivity contribution in [2.24, 2.45) is 10.4 Å². The lowest BCUT2D eigenvalue weighted by Gasteiger charge is -2.42. The molecule has 1 aromatic carbocycles. The smallest absolute Gasteiger partial charge is 0.104 e. The molecule has 0 aliphatic carbocycles. The van der Waals surface area contributed by atoms with E-state index in [4.69, 9.17) is 4.74 Å². The Morgan fingerprint density at radius 3 is 2.15 bits per heavy atom. The Morgan fingerprint density at radius 2 is 1.64 bits per heavy atom. The second-order valence-electron chi connectivity index (χ2n) is 15.0. The minimum atomic E-state index is -0.278. The van der Waals surface area contributed by atoms with E-state index < -0.39 is 0 Å². The number of aliphatic hydroxyl groups excluding tert-OH is 1. The summed E-state index contributed by atoms with van der Waals surface area (Å²) in [6, 6.07) is 10.2. The number of fused-ring (bicyclic) bond motifs is 1. The molecule has 2 aromatic rings. The molecule has 0 bridgehead atoms. The van der Waals surface area contributed by atoms with Crippen molar-refractivity contribution in [2.75, 3.05) is 63.8 Å². The van der Waals surface area contributed by atoms with Crippen LogP contribution >= 0.6 is 0 Å². The van der Waals surface area contributed by atoms with Crippen LogP contribution in [0.3, 0.4) is 0 Å². The minimum absolute atomic E-state index is 0.127. The van der Waals surface area contributed by atoms with Crippen LogP contribution in [0.5, 0.6) is 0 Å². The summed E-state index contributed by atoms with van der Waals surface area (Å²) in [7, 11) is 0. The van der Waals surface area contributed by atoms with E-state index in [1.165, 1.54) is 0 Å². The lowest BCUT2D eigenvalue weighted by Crippen LogP contribution is -2.54. The van der Waals surface area contributed by atoms with E-state index in [1.54, 1.807) is 6.20 Å². The molecule has 0 spiro atoms. The van der Waals surface area contributed by atoms with Gasteiger partial charge in [-0.2, -0.15) is 5.26 Å². The van der Waals surface area contributed by atoms with Gasteiger partial charge in [-0.1, -0.05) is 75.8 Å². The van der Waals surface area contributed by atoms with Crippen LogP contribution < -0.4 is 4.90 Å². The molecule has 2 aliphatic rings. The third-order valence-electron chi connectivity index (χ3n) is 7.92. The van der Waals surface area contributed by atoms with Gasteiger partial charge in [-0.15, -0.1) is 0 Å². The fourth-order valence-electron chi connectivity index (χ4n) is 5.81. The third-order valence-corrected chi connectivity index (χ3v) is 7.92. The molecule has 2 aliphatic heterocycles. The second-order valence-corrected chi connectivity index (χ2v) is 15.0. The van der Waals surface area contributed by atoms with E-state index in [-0.39, 0.29) is 18.4 Å². The zero-order valence-electron chi connectivity index (χ0n) is 36.2. The number of aliphatic imine (C=N–C) groups is 1. The van der Waals surface area contributed by atoms with Crippen molar-refractivity contribution >= 4 is 22.3 Å². The fraction of sp³-hybridized carbons (Fsp3) is 0.659. The highest BCUT2D eigenvalue weighted by atomic mass is 16.5. The number of pyridine rings is 1. The van der Waals surface area contributed by atoms with E-state index in [0.717, 1.165) is 99.7 Å². The van der Waals surface area contributed by atoms with Crippen molar-refractivity contribution in [2.45, 2.75) is 128 Å². The predicted octanol–water partition coefficient (Wildman–Crippen LogP) is 9.38. The average Bonchev–Trinajstić information content (AvgIpc) is 3.12. The lowest BCUT2D eigenvalue weighted by atomic mass is 10.0. The van der Waals surface area contributed by atoms with Crippen molar-refractivity contribution in [3.63, 3.8) is 0 Å². The number of anilines is 1. The first kappa shape index (κ1) is 49.7. The van der Waals surface area contributed by atoms with Crippen LogP contribution in [0.1, 0.15) is 115 Å². The van der Waals surface area contributed by atoms with Gasteiger partial charge in [0.2, 0.25) is 0 Å². The van der Waals surface area contributed by atoms with E-state index in [1.807, 2.05) is 72.9 Å². The van der Waals surface area contributed by atoms with E-state index in [9.17, 15) is 10.4 Å². The number of nitriles is 1. The van der Waals surface area contributed by atoms with E-state index in [2.05, 4.69) is 103 Å². The van der Waals surface area contributed by atoms with Crippen molar-refractivity contribution in [3.8, 4) is 6.07 Å². The Bertz CT molecular complexity index is 1370. The van der Waals surface area contributed by atoms with Gasteiger partial charge in [0.05, 0.1) is 23.3 Å². The van der Waals surface area contributed by atoms with Crippen LogP contribution in [0.2, 0.25) is 0 Å². The topological polar surface area (TPSA) is 91.5 Å². The number of rotatable bonds is 11. The molecule has 300 valence electrons. The van der Waals surface area contributed by atoms with Crippen LogP contribution in [0, 0.1) is 16.7 Å². The molecule has 0 saturated carbocycles. The quantitative estimate of drug-likeness (QED) is 0.139. The van der Waals surface area contributed by atoms with Crippen LogP contribution in [-0.2, 0) is 4.74 Å². The summed E-state index contributed by atoms with van der Waals surface area (Å²) in [5.41, 5.74) is 5.06. The summed E-state index contributed by atoms with van der Waals surface area (Å²) in [5.74, 6) is 0. The van der Waals surface area contributed by atoms with Gasteiger partial charge >= 0.3 is 0 Å². The maximum Gasteiger partial charge on any atom is 0.104 e. The number of hydrogen-bond acceptors (Lipinski definition) is 9. The first-order valence-electron chi connectivity index (χ1n) is 20.1. The first-order valence-corrected chi connectivity index (χ1v) is 20.1. The number of hydrogen-bond donors (Lipinski definition) is 1. The number of benzene rings is 1. The summed E-state index contributed by atoms with van der Waals surface area (Å²) in [6.45, 7) is 41.6. The summed E-state index contributed by atoms with van der Waals surface area (Å²) < 4.78 is 6.34. The Morgan fingerprint density at radius 1 is 1.06 bits per heavy atom. The molecule has 3 unspecified atom stereocenters. The number of ether oxygens (including phenoxy) is 1. The molecule has 9 heteroatoms. The standard InChI is InChI=1S/C27H34N6O.C8H19NO.C5H12.2C2H6/c1-20(2)29-11-9-21(3)32-14-12-31(13-15-32)18-24-19-33(17-22(4)34-24)26-8-7-23(16-28)27-25(26)6-5-10-30-27;1-4-6-9(7-5-2)8(3)10;1-5(2,3)4;2*1-2/h5-11,22,24H,3,12-15,17-19H2,1-2,4H3;8,10H,4-7H2,1-3H3;1-4H3;2*1-2H3/b11-9-;;;;. The van der Waals surface area contributed by atoms with Gasteiger partial charge in [0, 0.05) is 93.8 Å². The van der Waals surface area contributed by atoms with Crippen molar-refractivity contribution in [1.82, 2.24) is 19.7 Å². The molecule has 2 saturated heterocycles. The summed E-state index contributed by atoms with van der Waals surface area (Å²) in [6.07, 6.45) is 7.79. The normalized spacial score (nSPS) is 17.9. The monoisotopic (exact) mass is 736 g/mol. The van der Waals surface area contributed by atoms with Crippen molar-refractivity contribution in [3.05, 3.63) is 60.6 Å². The third kappa shape index (κ3) is 20.1. The molecule has 3 atom stereocenters. The largest absolute Gasteiger partial charge is 0.379 e. The van der Waals surface area contributed by atoms with Gasteiger partial charge in [-0.25, -0.2) is 0 Å². The SMILES string of the molecule is C=C(/C=C\N=C(C)C)N1CCN(CC2CN(c3ccc(C#N)c4ncccc34)CC(C)O2)CC1.CC.CC.CC(C)(C)C.CCCN(CCC)C(C)O. The van der Waals surface area contributed by atoms with Gasteiger partial charge in [0.15, 0.2) is 0 Å². The predicted molar refractivity (Wildman–Crippen MR) is 230 cm³/mol. The molecule has 4 rings (SSSR count). The fourth-order valence-corrected chi connectivity index (χ4v) is 5.81. The molecule has 1 N–H and O–H groups in total. The number of piperazine rings is 1. The van der Waals surface area contributed by atoms with Crippen LogP contribution in [-0.4, -0.2) is 108 Å². The van der Waals surface area contributed by atoms with Gasteiger partial charge in [-0.3, -0.25) is 19.8 Å². The first-order chi connectivity index (χ1) is 25.2. The highest BCUT2D eigenvalue weighted by Crippen LogP contribution is 2.30. The molecule has 0 amide bonds. The van der Waals surface area contributed by atoms with Crippen LogP contribution in [0.25, 0.3) is 10.9 Å². The molecule has 1 aromatic heterocycles. The molecule has 2 fully saturated rings. The molecular weight excluding hydrogens is 659 g/mol. The van der Waals surface area contributed by atoms with E-state index >= 15 is 0 Å². The average molecular weight is 736 g/mol. The van der Waals surface area contributed by atoms with Crippen molar-refractivity contribution < 1.29 is 9.84 Å². The van der Waals surface area contributed by atoms with Gasteiger partial charge in [-0.05, 0) is 76.3 Å². The van der Waals surface area contributed by atoms with Crippen LogP contribution in [0.4, 0.5) is 5.69 Å². The minimum Gasteiger partial charge on any atom is -0.379 e. The van der Waals surface area contributed by atoms with Crippen molar-refractivity contribution in [1.29, 1.82) is 5.26 Å². The number of aliphatic hydroxyl groups is 1. The van der Waals surface area contributed by atoms with Gasteiger partial charge < -0.3 is 19.6 Å². The molecule has 3 heterocycles. The number of aromatic nitrogens is 1. The van der Waals surface area contributed by atoms with Gasteiger partial charge in [0.1, 0.15) is 12.3 Å². The Labute approximate surface area is 325 Å². The number of morpholine rings is 1. The van der Waals surface area contributed by atoms with Gasteiger partial charge in [0.25, 0.3) is 0 Å². The lowest BCUT2D eigenvalue weighted by molar-refractivity contribution is -0.0365. The Kier molecular flexibility index (Phi) is 25.6. The molecular formula is C44H77N7O2. The number of allylic oxidation sites excluding steroid dienone is 1. The molecule has 0 radical (unpaired) electrons. The summed E-state index contributed by atoms with van der Waals surface area (Å²) in [5, 5.41) is 19.7. The summed E-state index contributed by atoms with van der Waals surface area (Å²) >= 11 is 0. The zero-order valence-corrected chi connectivity index (χ0v) is 36.2. The highest BCUT2D eigenvalue weighted by molar-refractivity contribution is 5.95. The van der Waals surface area contributed by atoms with Crippen LogP contribution in [0.15, 0.2) is 60.0 Å². The Hall–Kier alpha value is -3.29. The summed E-state index contributed by atoms with van der Waals surface area (Å²) in [4.78, 5) is 18.1. The number of nitrogens with zero attached hydrogens (tertiary/aromatic N) is 7. The second kappa shape index (κ2) is 27.3. The highest BCUT2D eigenvalue weighted by Gasteiger charge is 2.29. The molecule has 53 heavy (non-hydrogen) atoms. The maximum atomic E-state index is 9.47. The maximum absolute atomic E-state index is 9.47.